The second-order valence-electron chi connectivity index (χ2n) is 32.6. The van der Waals surface area contributed by atoms with Gasteiger partial charge in [0.25, 0.3) is 6.71 Å². The average molecular weight is 1300 g/mol. The van der Waals surface area contributed by atoms with Crippen LogP contribution in [0.25, 0.3) is 110 Å². The van der Waals surface area contributed by atoms with Crippen molar-refractivity contribution in [1.82, 2.24) is 0 Å². The van der Waals surface area contributed by atoms with Crippen LogP contribution in [0.1, 0.15) is 105 Å². The Balaban J connectivity index is 1.04. The Morgan fingerprint density at radius 2 is 0.535 bits per heavy atom. The van der Waals surface area contributed by atoms with Crippen molar-refractivity contribution in [2.75, 3.05) is 9.80 Å². The molecule has 0 N–H and O–H groups in total. The lowest BCUT2D eigenvalue weighted by atomic mass is 9.33. The van der Waals surface area contributed by atoms with Crippen LogP contribution in [0, 0.1) is 0 Å². The fourth-order valence-electron chi connectivity index (χ4n) is 16.2. The van der Waals surface area contributed by atoms with E-state index < -0.39 is 0 Å². The van der Waals surface area contributed by atoms with E-state index in [9.17, 15) is 0 Å². The Labute approximate surface area is 597 Å². The summed E-state index contributed by atoms with van der Waals surface area (Å²) >= 11 is 0. The van der Waals surface area contributed by atoms with E-state index in [2.05, 4.69) is 390 Å². The normalized spacial score (nSPS) is 13.1. The van der Waals surface area contributed by atoms with E-state index in [0.29, 0.717) is 0 Å². The molecule has 2 heterocycles. The van der Waals surface area contributed by atoms with E-state index in [1.54, 1.807) is 0 Å². The van der Waals surface area contributed by atoms with Gasteiger partial charge in [-0.15, -0.1) is 0 Å². The quantitative estimate of drug-likeness (QED) is 0.105. The van der Waals surface area contributed by atoms with Gasteiger partial charge in [0.1, 0.15) is 0 Å². The van der Waals surface area contributed by atoms with Gasteiger partial charge in [0.15, 0.2) is 0 Å². The topological polar surface area (TPSA) is 6.48 Å². The smallest absolute Gasteiger partial charge is 0.252 e. The third-order valence-corrected chi connectivity index (χ3v) is 21.7. The molecule has 15 aromatic rings. The molecule has 2 aliphatic heterocycles. The molecule has 0 bridgehead atoms. The van der Waals surface area contributed by atoms with Crippen LogP contribution >= 0.6 is 0 Å². The first kappa shape index (κ1) is 63.5. The first-order valence-corrected chi connectivity index (χ1v) is 36.2. The molecule has 15 aromatic carbocycles. The molecule has 0 fully saturated rings. The van der Waals surface area contributed by atoms with Crippen LogP contribution in [-0.4, -0.2) is 6.71 Å². The van der Waals surface area contributed by atoms with Crippen molar-refractivity contribution in [2.24, 2.45) is 0 Å². The average Bonchev–Trinajstić information content (AvgIpc) is 0.691. The number of rotatable bonds is 9. The van der Waals surface area contributed by atoms with E-state index in [1.807, 2.05) is 0 Å². The molecule has 0 radical (unpaired) electrons. The number of nitrogens with zero attached hydrogens (tertiary/aromatic N) is 2. The van der Waals surface area contributed by atoms with E-state index in [1.165, 1.54) is 121 Å². The first-order valence-electron chi connectivity index (χ1n) is 36.2. The van der Waals surface area contributed by atoms with E-state index in [0.717, 1.165) is 61.9 Å². The molecular weight excluding hydrogens is 1220 g/mol. The largest absolute Gasteiger partial charge is 0.310 e. The molecule has 490 valence electrons. The lowest BCUT2D eigenvalue weighted by Crippen LogP contribution is -2.61. The van der Waals surface area contributed by atoms with Crippen LogP contribution in [0.5, 0.6) is 0 Å². The summed E-state index contributed by atoms with van der Waals surface area (Å²) in [6.07, 6.45) is 0. The number of anilines is 6. The van der Waals surface area contributed by atoms with Crippen LogP contribution in [0.3, 0.4) is 0 Å². The minimum absolute atomic E-state index is 0.0249. The molecular formula is C98H85BN2. The van der Waals surface area contributed by atoms with Crippen LogP contribution in [0.2, 0.25) is 0 Å². The van der Waals surface area contributed by atoms with Crippen LogP contribution < -0.4 is 26.2 Å². The standard InChI is InChI=1S/C98H85BN2/c1-95(2,3)76-46-42-63(43-47-76)75-56-88-92-89(57-75)101(94-82(66-34-24-16-25-35-66)60-79(98(10,11)12)61-83(94)67-36-26-17-27-37-67)87-55-69(74-50-70-38-40-72-52-77(96(4,5)6)53-73-41-39-71(51-74)90(70)91(72)73)44-48-84(87)99(92)85-54-68(62-28-18-13-19-29-62)45-49-86(85)100(88)93-80(64-30-20-14-21-31-64)58-78(97(7,8)9)59-81(93)65-32-22-15-23-33-65/h13-61H,1-12H3. The maximum absolute atomic E-state index is 2.74. The summed E-state index contributed by atoms with van der Waals surface area (Å²) in [4.78, 5) is 5.44. The zero-order valence-corrected chi connectivity index (χ0v) is 60.3. The van der Waals surface area contributed by atoms with Crippen LogP contribution in [-0.2, 0) is 21.7 Å². The molecule has 0 atom stereocenters. The number of benzene rings is 15. The lowest BCUT2D eigenvalue weighted by Gasteiger charge is -2.46. The molecule has 0 unspecified atom stereocenters. The highest BCUT2D eigenvalue weighted by Gasteiger charge is 2.46. The molecule has 101 heavy (non-hydrogen) atoms. The molecule has 2 aliphatic rings. The van der Waals surface area contributed by atoms with Gasteiger partial charge in [-0.3, -0.25) is 0 Å². The summed E-state index contributed by atoms with van der Waals surface area (Å²) in [5.41, 5.74) is 31.8. The van der Waals surface area contributed by atoms with Crippen LogP contribution in [0.4, 0.5) is 34.1 Å². The zero-order valence-electron chi connectivity index (χ0n) is 60.3. The molecule has 0 saturated heterocycles. The Bertz CT molecular complexity index is 5520. The van der Waals surface area contributed by atoms with E-state index >= 15 is 0 Å². The second-order valence-corrected chi connectivity index (χ2v) is 32.6. The minimum atomic E-state index is -0.223. The lowest BCUT2D eigenvalue weighted by molar-refractivity contribution is 0.590. The predicted molar refractivity (Wildman–Crippen MR) is 437 cm³/mol. The minimum Gasteiger partial charge on any atom is -0.310 e. The molecule has 3 heteroatoms. The Hall–Kier alpha value is -11.0. The van der Waals surface area contributed by atoms with Gasteiger partial charge >= 0.3 is 0 Å². The monoisotopic (exact) mass is 1300 g/mol. The van der Waals surface area contributed by atoms with Crippen molar-refractivity contribution < 1.29 is 0 Å². The maximum atomic E-state index is 2.74. The van der Waals surface area contributed by atoms with Gasteiger partial charge in [0.2, 0.25) is 0 Å². The molecule has 0 aromatic heterocycles. The van der Waals surface area contributed by atoms with Gasteiger partial charge in [0, 0.05) is 45.0 Å². The SMILES string of the molecule is CC(C)(C)c1ccc(-c2cc3c4c(c2)N(c2c(-c5ccccc5)cc(C(C)(C)C)cc2-c2ccccc2)c2cc(-c5cc6ccc7cc(C(C)(C)C)cc8ccc(c5)c6c78)ccc2B4c2cc(-c4ccccc4)ccc2N3c2c(-c3ccccc3)cc(C(C)(C)C)cc2-c2ccccc2)cc1. The van der Waals surface area contributed by atoms with Gasteiger partial charge in [0.05, 0.1) is 11.4 Å². The third kappa shape index (κ3) is 11.0. The Morgan fingerprint density at radius 3 is 0.941 bits per heavy atom. The maximum Gasteiger partial charge on any atom is 0.252 e. The number of fused-ring (bicyclic) bond motifs is 4. The summed E-state index contributed by atoms with van der Waals surface area (Å²) in [7, 11) is 0. The highest BCUT2D eigenvalue weighted by molar-refractivity contribution is 7.00. The molecule has 0 saturated carbocycles. The highest BCUT2D eigenvalue weighted by atomic mass is 15.2. The fourth-order valence-corrected chi connectivity index (χ4v) is 16.2. The molecule has 2 nitrogen and oxygen atoms in total. The molecule has 0 aliphatic carbocycles. The summed E-state index contributed by atoms with van der Waals surface area (Å²) in [5, 5.41) is 7.74. The van der Waals surface area contributed by atoms with Crippen LogP contribution in [0.15, 0.2) is 297 Å². The zero-order chi connectivity index (χ0) is 69.4. The fraction of sp³-hybridized carbons (Fsp3) is 0.163. The van der Waals surface area contributed by atoms with Gasteiger partial charge < -0.3 is 9.80 Å². The molecule has 0 amide bonds. The number of hydrogen-bond donors (Lipinski definition) is 0. The first-order chi connectivity index (χ1) is 48.6. The molecule has 0 spiro atoms. The van der Waals surface area contributed by atoms with Crippen molar-refractivity contribution in [2.45, 2.75) is 105 Å². The van der Waals surface area contributed by atoms with Gasteiger partial charge in [-0.05, 0) is 209 Å². The van der Waals surface area contributed by atoms with E-state index in [-0.39, 0.29) is 28.4 Å². The van der Waals surface area contributed by atoms with Crippen molar-refractivity contribution in [3.63, 3.8) is 0 Å². The summed E-state index contributed by atoms with van der Waals surface area (Å²) < 4.78 is 0. The number of hydrogen-bond acceptors (Lipinski definition) is 2. The van der Waals surface area contributed by atoms with Crippen molar-refractivity contribution in [1.29, 1.82) is 0 Å². The van der Waals surface area contributed by atoms with Gasteiger partial charge in [-0.2, -0.15) is 0 Å². The van der Waals surface area contributed by atoms with Gasteiger partial charge in [-0.1, -0.05) is 320 Å². The summed E-state index contributed by atoms with van der Waals surface area (Å²) in [5.74, 6) is 0. The van der Waals surface area contributed by atoms with Gasteiger partial charge in [-0.25, -0.2) is 0 Å². The summed E-state index contributed by atoms with van der Waals surface area (Å²) in [6, 6.07) is 115. The predicted octanol–water partition coefficient (Wildman–Crippen LogP) is 25.5. The van der Waals surface area contributed by atoms with E-state index in [4.69, 9.17) is 0 Å². The Morgan fingerprint density at radius 1 is 0.218 bits per heavy atom. The highest BCUT2D eigenvalue weighted by Crippen LogP contribution is 2.56. The van der Waals surface area contributed by atoms with Crippen molar-refractivity contribution in [3.8, 4) is 77.9 Å². The molecule has 17 rings (SSSR count). The Kier molecular flexibility index (Phi) is 15.0. The summed E-state index contributed by atoms with van der Waals surface area (Å²) in [6.45, 7) is 27.8. The van der Waals surface area contributed by atoms with Crippen molar-refractivity contribution >= 4 is 89.5 Å². The third-order valence-electron chi connectivity index (χ3n) is 21.7. The second kappa shape index (κ2) is 23.9. The van der Waals surface area contributed by atoms with Crippen molar-refractivity contribution in [3.05, 3.63) is 320 Å².